The van der Waals surface area contributed by atoms with Crippen molar-refractivity contribution in [2.45, 2.75) is 19.8 Å². The number of benzene rings is 1. The number of halogens is 2. The van der Waals surface area contributed by atoms with Crippen LogP contribution in [0.4, 0.5) is 0 Å². The largest absolute Gasteiger partial charge is 0.492 e. The highest BCUT2D eigenvalue weighted by Crippen LogP contribution is 2.32. The summed E-state index contributed by atoms with van der Waals surface area (Å²) in [5.74, 6) is 0.627. The molecule has 0 aliphatic heterocycles. The maximum Gasteiger partial charge on any atom is 0.153 e. The fraction of sp³-hybridized carbons (Fsp3) is 0.364. The third kappa shape index (κ3) is 3.61. The van der Waals surface area contributed by atoms with Crippen molar-refractivity contribution in [3.05, 3.63) is 26.6 Å². The summed E-state index contributed by atoms with van der Waals surface area (Å²) in [6.45, 7) is 2.73. The zero-order valence-corrected chi connectivity index (χ0v) is 11.6. The first-order valence-corrected chi connectivity index (χ1v) is 6.34. The Morgan fingerprint density at radius 1 is 1.40 bits per heavy atom. The quantitative estimate of drug-likeness (QED) is 0.595. The molecular formula is C11H12Br2O2. The van der Waals surface area contributed by atoms with E-state index in [9.17, 15) is 4.79 Å². The second-order valence-corrected chi connectivity index (χ2v) is 4.90. The van der Waals surface area contributed by atoms with Gasteiger partial charge in [0.2, 0.25) is 0 Å². The Morgan fingerprint density at radius 2 is 2.13 bits per heavy atom. The van der Waals surface area contributed by atoms with Gasteiger partial charge < -0.3 is 4.74 Å². The standard InChI is InChI=1S/C11H12Br2O2/c1-2-3-4-15-11-8(7-14)5-9(12)6-10(11)13/h5-7H,2-4H2,1H3. The van der Waals surface area contributed by atoms with Crippen LogP contribution in [0.15, 0.2) is 21.1 Å². The van der Waals surface area contributed by atoms with Gasteiger partial charge in [0.25, 0.3) is 0 Å². The Kier molecular flexibility index (Phi) is 5.32. The van der Waals surface area contributed by atoms with E-state index in [1.807, 2.05) is 6.07 Å². The Hall–Kier alpha value is -0.350. The molecule has 82 valence electrons. The van der Waals surface area contributed by atoms with Crippen LogP contribution in [-0.2, 0) is 0 Å². The summed E-state index contributed by atoms with van der Waals surface area (Å²) in [5, 5.41) is 0. The van der Waals surface area contributed by atoms with Crippen molar-refractivity contribution in [1.82, 2.24) is 0 Å². The third-order valence-electron chi connectivity index (χ3n) is 1.91. The first kappa shape index (κ1) is 12.7. The number of ether oxygens (including phenoxy) is 1. The lowest BCUT2D eigenvalue weighted by Crippen LogP contribution is -2.00. The van der Waals surface area contributed by atoms with Crippen molar-refractivity contribution in [1.29, 1.82) is 0 Å². The topological polar surface area (TPSA) is 26.3 Å². The zero-order chi connectivity index (χ0) is 11.3. The molecule has 4 heteroatoms. The lowest BCUT2D eigenvalue weighted by molar-refractivity contribution is 0.111. The van der Waals surface area contributed by atoms with Gasteiger partial charge in [0.15, 0.2) is 6.29 Å². The number of rotatable bonds is 5. The number of carbonyl (C=O) groups is 1. The summed E-state index contributed by atoms with van der Waals surface area (Å²) in [5.41, 5.74) is 0.562. The molecule has 0 unspecified atom stereocenters. The zero-order valence-electron chi connectivity index (χ0n) is 8.43. The van der Waals surface area contributed by atoms with Gasteiger partial charge in [-0.25, -0.2) is 0 Å². The van der Waals surface area contributed by atoms with Gasteiger partial charge >= 0.3 is 0 Å². The smallest absolute Gasteiger partial charge is 0.153 e. The van der Waals surface area contributed by atoms with Crippen LogP contribution >= 0.6 is 31.9 Å². The van der Waals surface area contributed by atoms with Gasteiger partial charge in [-0.15, -0.1) is 0 Å². The predicted octanol–water partition coefficient (Wildman–Crippen LogP) is 4.20. The molecule has 0 amide bonds. The molecule has 2 nitrogen and oxygen atoms in total. The van der Waals surface area contributed by atoms with Crippen LogP contribution in [0.3, 0.4) is 0 Å². The summed E-state index contributed by atoms with van der Waals surface area (Å²) in [4.78, 5) is 10.8. The van der Waals surface area contributed by atoms with Gasteiger partial charge in [-0.1, -0.05) is 29.3 Å². The fourth-order valence-electron chi connectivity index (χ4n) is 1.14. The molecule has 0 spiro atoms. The van der Waals surface area contributed by atoms with Crippen LogP contribution in [0, 0.1) is 0 Å². The van der Waals surface area contributed by atoms with E-state index < -0.39 is 0 Å². The highest BCUT2D eigenvalue weighted by atomic mass is 79.9. The SMILES string of the molecule is CCCCOc1c(Br)cc(Br)cc1C=O. The molecule has 0 aliphatic rings. The molecule has 0 N–H and O–H groups in total. The highest BCUT2D eigenvalue weighted by Gasteiger charge is 2.09. The molecule has 1 rings (SSSR count). The van der Waals surface area contributed by atoms with E-state index in [1.54, 1.807) is 6.07 Å². The summed E-state index contributed by atoms with van der Waals surface area (Å²) < 4.78 is 7.22. The summed E-state index contributed by atoms with van der Waals surface area (Å²) in [7, 11) is 0. The molecule has 0 radical (unpaired) electrons. The minimum absolute atomic E-state index is 0.562. The maximum absolute atomic E-state index is 10.8. The molecule has 0 heterocycles. The monoisotopic (exact) mass is 334 g/mol. The lowest BCUT2D eigenvalue weighted by atomic mass is 10.2. The van der Waals surface area contributed by atoms with E-state index in [4.69, 9.17) is 4.74 Å². The second kappa shape index (κ2) is 6.28. The van der Waals surface area contributed by atoms with Gasteiger partial charge in [-0.3, -0.25) is 4.79 Å². The van der Waals surface area contributed by atoms with Crippen LogP contribution in [0.2, 0.25) is 0 Å². The van der Waals surface area contributed by atoms with E-state index in [-0.39, 0.29) is 0 Å². The minimum atomic E-state index is 0.562. The Morgan fingerprint density at radius 3 is 2.73 bits per heavy atom. The number of unbranched alkanes of at least 4 members (excludes halogenated alkanes) is 1. The van der Waals surface area contributed by atoms with Crippen molar-refractivity contribution >= 4 is 38.1 Å². The minimum Gasteiger partial charge on any atom is -0.492 e. The van der Waals surface area contributed by atoms with E-state index in [0.29, 0.717) is 17.9 Å². The molecule has 1 aromatic carbocycles. The van der Waals surface area contributed by atoms with Crippen molar-refractivity contribution in [2.75, 3.05) is 6.61 Å². The van der Waals surface area contributed by atoms with Crippen LogP contribution in [0.5, 0.6) is 5.75 Å². The molecule has 0 saturated heterocycles. The van der Waals surface area contributed by atoms with Crippen molar-refractivity contribution in [3.8, 4) is 5.75 Å². The van der Waals surface area contributed by atoms with Gasteiger partial charge in [-0.05, 0) is 34.5 Å². The Labute approximate surface area is 106 Å². The first-order chi connectivity index (χ1) is 7.19. The average Bonchev–Trinajstić information content (AvgIpc) is 2.20. The van der Waals surface area contributed by atoms with Gasteiger partial charge in [-0.2, -0.15) is 0 Å². The molecule has 0 atom stereocenters. The van der Waals surface area contributed by atoms with E-state index >= 15 is 0 Å². The molecular weight excluding hydrogens is 324 g/mol. The molecule has 1 aromatic rings. The molecule has 0 bridgehead atoms. The molecule has 0 saturated carbocycles. The summed E-state index contributed by atoms with van der Waals surface area (Å²) >= 11 is 6.70. The number of carbonyl (C=O) groups excluding carboxylic acids is 1. The van der Waals surface area contributed by atoms with Gasteiger partial charge in [0.1, 0.15) is 5.75 Å². The Bertz CT molecular complexity index is 351. The summed E-state index contributed by atoms with van der Waals surface area (Å²) in [6.07, 6.45) is 2.86. The van der Waals surface area contributed by atoms with Gasteiger partial charge in [0, 0.05) is 4.47 Å². The third-order valence-corrected chi connectivity index (χ3v) is 2.96. The maximum atomic E-state index is 10.8. The van der Waals surface area contributed by atoms with Gasteiger partial charge in [0.05, 0.1) is 16.6 Å². The summed E-state index contributed by atoms with van der Waals surface area (Å²) in [6, 6.07) is 3.62. The lowest BCUT2D eigenvalue weighted by Gasteiger charge is -2.10. The first-order valence-electron chi connectivity index (χ1n) is 4.76. The van der Waals surface area contributed by atoms with Crippen molar-refractivity contribution in [3.63, 3.8) is 0 Å². The predicted molar refractivity (Wildman–Crippen MR) is 67.6 cm³/mol. The van der Waals surface area contributed by atoms with Crippen LogP contribution in [0.1, 0.15) is 30.1 Å². The van der Waals surface area contributed by atoms with Crippen molar-refractivity contribution < 1.29 is 9.53 Å². The van der Waals surface area contributed by atoms with Crippen LogP contribution in [0.25, 0.3) is 0 Å². The van der Waals surface area contributed by atoms with Crippen LogP contribution < -0.4 is 4.74 Å². The number of hydrogen-bond donors (Lipinski definition) is 0. The molecule has 0 fully saturated rings. The van der Waals surface area contributed by atoms with E-state index in [1.165, 1.54) is 0 Å². The van der Waals surface area contributed by atoms with E-state index in [2.05, 4.69) is 38.8 Å². The normalized spacial score (nSPS) is 10.1. The van der Waals surface area contributed by atoms with E-state index in [0.717, 1.165) is 28.1 Å². The highest BCUT2D eigenvalue weighted by molar-refractivity contribution is 9.11. The Balaban J connectivity index is 2.89. The van der Waals surface area contributed by atoms with Crippen LogP contribution in [-0.4, -0.2) is 12.9 Å². The molecule has 0 aliphatic carbocycles. The fourth-order valence-corrected chi connectivity index (χ4v) is 2.51. The number of aldehydes is 1. The second-order valence-electron chi connectivity index (χ2n) is 3.13. The van der Waals surface area contributed by atoms with Crippen molar-refractivity contribution in [2.24, 2.45) is 0 Å². The number of hydrogen-bond acceptors (Lipinski definition) is 2. The molecule has 0 aromatic heterocycles. The molecule has 15 heavy (non-hydrogen) atoms. The average molecular weight is 336 g/mol.